The first-order valence-corrected chi connectivity index (χ1v) is 7.08. The summed E-state index contributed by atoms with van der Waals surface area (Å²) in [6.07, 6.45) is 0. The van der Waals surface area contributed by atoms with Crippen molar-refractivity contribution >= 4 is 43.8 Å². The van der Waals surface area contributed by atoms with Gasteiger partial charge in [-0.2, -0.15) is 0 Å². The zero-order valence-electron chi connectivity index (χ0n) is 10.0. The summed E-state index contributed by atoms with van der Waals surface area (Å²) in [5, 5.41) is 0. The van der Waals surface area contributed by atoms with Crippen molar-refractivity contribution in [1.82, 2.24) is 0 Å². The molecule has 20 heavy (non-hydrogen) atoms. The monoisotopic (exact) mass is 398 g/mol. The van der Waals surface area contributed by atoms with Gasteiger partial charge in [-0.25, -0.2) is 9.59 Å². The van der Waals surface area contributed by atoms with Gasteiger partial charge in [0.1, 0.15) is 11.5 Å². The highest BCUT2D eigenvalue weighted by Crippen LogP contribution is 2.19. The molecule has 0 atom stereocenters. The lowest BCUT2D eigenvalue weighted by Crippen LogP contribution is -2.25. The molecule has 0 amide bonds. The molecule has 0 aliphatic heterocycles. The van der Waals surface area contributed by atoms with Gasteiger partial charge >= 0.3 is 11.9 Å². The van der Waals surface area contributed by atoms with Crippen molar-refractivity contribution in [3.8, 4) is 11.5 Å². The summed E-state index contributed by atoms with van der Waals surface area (Å²) in [5.74, 6) is -1.64. The minimum atomic E-state index is -1.08. The van der Waals surface area contributed by atoms with Crippen LogP contribution in [-0.2, 0) is 9.59 Å². The minimum absolute atomic E-state index is 0.260. The van der Waals surface area contributed by atoms with Gasteiger partial charge in [-0.3, -0.25) is 0 Å². The van der Waals surface area contributed by atoms with Gasteiger partial charge in [0, 0.05) is 8.95 Å². The van der Waals surface area contributed by atoms with Crippen molar-refractivity contribution in [2.45, 2.75) is 0 Å². The van der Waals surface area contributed by atoms with Crippen molar-refractivity contribution in [3.63, 3.8) is 0 Å². The third kappa shape index (κ3) is 4.18. The predicted molar refractivity (Wildman–Crippen MR) is 79.6 cm³/mol. The number of carbonyl (C=O) groups is 2. The summed E-state index contributed by atoms with van der Waals surface area (Å²) in [5.41, 5.74) is 0. The summed E-state index contributed by atoms with van der Waals surface area (Å²) in [7, 11) is 0. The van der Waals surface area contributed by atoms with E-state index in [2.05, 4.69) is 31.9 Å². The molecular formula is C14H8Br2O4. The fraction of sp³-hybridized carbons (Fsp3) is 0. The van der Waals surface area contributed by atoms with Crippen LogP contribution in [0.5, 0.6) is 11.5 Å². The Morgan fingerprint density at radius 1 is 0.750 bits per heavy atom. The number of halogens is 2. The third-order valence-corrected chi connectivity index (χ3v) is 3.17. The number of hydrogen-bond acceptors (Lipinski definition) is 4. The summed E-state index contributed by atoms with van der Waals surface area (Å²) in [6, 6.07) is 13.2. The van der Waals surface area contributed by atoms with Gasteiger partial charge in [0.05, 0.1) is 0 Å². The lowest BCUT2D eigenvalue weighted by atomic mass is 10.3. The van der Waals surface area contributed by atoms with Crippen LogP contribution in [0.25, 0.3) is 0 Å². The van der Waals surface area contributed by atoms with Crippen molar-refractivity contribution in [3.05, 3.63) is 57.5 Å². The van der Waals surface area contributed by atoms with E-state index in [9.17, 15) is 9.59 Å². The van der Waals surface area contributed by atoms with Gasteiger partial charge < -0.3 is 9.47 Å². The molecule has 0 fully saturated rings. The molecule has 0 heterocycles. The molecular weight excluding hydrogens is 392 g/mol. The molecule has 0 unspecified atom stereocenters. The van der Waals surface area contributed by atoms with E-state index < -0.39 is 11.9 Å². The largest absolute Gasteiger partial charge is 0.423 e. The molecule has 0 aliphatic carbocycles. The summed E-state index contributed by atoms with van der Waals surface area (Å²) >= 11 is 6.48. The standard InChI is InChI=1S/C14H8Br2O4/c15-9-3-1-5-11(7-9)19-13(17)14(18)20-12-6-2-4-10(16)8-12/h1-8H. The van der Waals surface area contributed by atoms with Crippen molar-refractivity contribution < 1.29 is 19.1 Å². The zero-order valence-corrected chi connectivity index (χ0v) is 13.2. The fourth-order valence-electron chi connectivity index (χ4n) is 1.36. The van der Waals surface area contributed by atoms with Crippen LogP contribution in [-0.4, -0.2) is 11.9 Å². The van der Waals surface area contributed by atoms with E-state index in [1.54, 1.807) is 48.5 Å². The Morgan fingerprint density at radius 3 is 1.50 bits per heavy atom. The number of benzene rings is 2. The predicted octanol–water partition coefficient (Wildman–Crippen LogP) is 3.72. The average Bonchev–Trinajstić information content (AvgIpc) is 2.38. The Morgan fingerprint density at radius 2 is 1.15 bits per heavy atom. The molecule has 2 aromatic rings. The maximum Gasteiger partial charge on any atom is 0.423 e. The Kier molecular flexibility index (Phi) is 4.92. The maximum absolute atomic E-state index is 11.6. The smallest absolute Gasteiger partial charge is 0.418 e. The van der Waals surface area contributed by atoms with E-state index in [0.717, 1.165) is 8.95 Å². The van der Waals surface area contributed by atoms with Gasteiger partial charge in [-0.05, 0) is 36.4 Å². The summed E-state index contributed by atoms with van der Waals surface area (Å²) in [6.45, 7) is 0. The lowest BCUT2D eigenvalue weighted by Gasteiger charge is -2.05. The van der Waals surface area contributed by atoms with Crippen LogP contribution in [0.15, 0.2) is 57.5 Å². The Labute approximate surface area is 132 Å². The van der Waals surface area contributed by atoms with Crippen LogP contribution in [0.1, 0.15) is 0 Å². The van der Waals surface area contributed by atoms with Crippen LogP contribution in [0.4, 0.5) is 0 Å². The molecule has 0 radical (unpaired) electrons. The number of ether oxygens (including phenoxy) is 2. The van der Waals surface area contributed by atoms with Gasteiger partial charge in [0.25, 0.3) is 0 Å². The van der Waals surface area contributed by atoms with Crippen molar-refractivity contribution in [2.24, 2.45) is 0 Å². The lowest BCUT2D eigenvalue weighted by molar-refractivity contribution is -0.156. The van der Waals surface area contributed by atoms with Crippen molar-refractivity contribution in [1.29, 1.82) is 0 Å². The van der Waals surface area contributed by atoms with Gasteiger partial charge in [-0.15, -0.1) is 0 Å². The van der Waals surface area contributed by atoms with Crippen LogP contribution in [0.3, 0.4) is 0 Å². The molecule has 102 valence electrons. The SMILES string of the molecule is O=C(Oc1cccc(Br)c1)C(=O)Oc1cccc(Br)c1. The highest BCUT2D eigenvalue weighted by Gasteiger charge is 2.19. The number of carbonyl (C=O) groups excluding carboxylic acids is 2. The molecule has 0 aliphatic rings. The van der Waals surface area contributed by atoms with E-state index in [1.807, 2.05) is 0 Å². The molecule has 0 spiro atoms. The maximum atomic E-state index is 11.6. The second-order valence-electron chi connectivity index (χ2n) is 3.69. The normalized spacial score (nSPS) is 9.90. The first-order valence-electron chi connectivity index (χ1n) is 5.50. The zero-order chi connectivity index (χ0) is 14.5. The molecule has 0 saturated carbocycles. The molecule has 0 bridgehead atoms. The minimum Gasteiger partial charge on any atom is -0.418 e. The first-order chi connectivity index (χ1) is 9.54. The van der Waals surface area contributed by atoms with Crippen LogP contribution < -0.4 is 9.47 Å². The number of rotatable bonds is 2. The molecule has 0 saturated heterocycles. The van der Waals surface area contributed by atoms with Crippen molar-refractivity contribution in [2.75, 3.05) is 0 Å². The van der Waals surface area contributed by atoms with E-state index in [0.29, 0.717) is 0 Å². The van der Waals surface area contributed by atoms with E-state index in [1.165, 1.54) is 0 Å². The topological polar surface area (TPSA) is 52.6 Å². The van der Waals surface area contributed by atoms with Crippen LogP contribution in [0, 0.1) is 0 Å². The van der Waals surface area contributed by atoms with E-state index in [4.69, 9.17) is 9.47 Å². The molecule has 0 N–H and O–H groups in total. The summed E-state index contributed by atoms with van der Waals surface area (Å²) in [4.78, 5) is 23.2. The fourth-order valence-corrected chi connectivity index (χ4v) is 2.11. The molecule has 6 heteroatoms. The summed E-state index contributed by atoms with van der Waals surface area (Å²) < 4.78 is 11.3. The van der Waals surface area contributed by atoms with Gasteiger partial charge in [0.2, 0.25) is 0 Å². The Hall–Kier alpha value is -1.66. The molecule has 0 aromatic heterocycles. The average molecular weight is 400 g/mol. The second-order valence-corrected chi connectivity index (χ2v) is 5.53. The second kappa shape index (κ2) is 6.67. The van der Waals surface area contributed by atoms with Crippen LogP contribution in [0.2, 0.25) is 0 Å². The highest BCUT2D eigenvalue weighted by atomic mass is 79.9. The first kappa shape index (κ1) is 14.7. The Balaban J connectivity index is 2.01. The molecule has 2 aromatic carbocycles. The number of hydrogen-bond donors (Lipinski definition) is 0. The highest BCUT2D eigenvalue weighted by molar-refractivity contribution is 9.10. The van der Waals surface area contributed by atoms with Crippen LogP contribution >= 0.6 is 31.9 Å². The van der Waals surface area contributed by atoms with Gasteiger partial charge in [0.15, 0.2) is 0 Å². The van der Waals surface area contributed by atoms with E-state index in [-0.39, 0.29) is 11.5 Å². The molecule has 4 nitrogen and oxygen atoms in total. The third-order valence-electron chi connectivity index (χ3n) is 2.18. The molecule has 2 rings (SSSR count). The quantitative estimate of drug-likeness (QED) is 0.438. The Bertz CT molecular complexity index is 598. The van der Waals surface area contributed by atoms with Gasteiger partial charge in [-0.1, -0.05) is 44.0 Å². The number of esters is 2. The van der Waals surface area contributed by atoms with E-state index >= 15 is 0 Å².